The number of sulfonamides is 1. The molecule has 0 aliphatic rings. The highest BCUT2D eigenvalue weighted by molar-refractivity contribution is 7.92. The fourth-order valence-corrected chi connectivity index (χ4v) is 5.03. The molecule has 0 saturated carbocycles. The number of nitrogens with zero attached hydrogens (tertiary/aromatic N) is 2. The average Bonchev–Trinajstić information content (AvgIpc) is 3.01. The number of ether oxygens (including phenoxy) is 3. The fourth-order valence-electron chi connectivity index (χ4n) is 3.98. The molecule has 0 bridgehead atoms. The monoisotopic (exact) mass is 603 g/mol. The summed E-state index contributed by atoms with van der Waals surface area (Å²) < 4.78 is 58.6. The van der Waals surface area contributed by atoms with Crippen molar-refractivity contribution in [2.45, 2.75) is 4.90 Å². The molecule has 13 heteroatoms. The third-order valence-electron chi connectivity index (χ3n) is 6.03. The Hall–Kier alpha value is -5.43. The highest BCUT2D eigenvalue weighted by Gasteiger charge is 2.20. The van der Waals surface area contributed by atoms with Crippen LogP contribution in [0.3, 0.4) is 0 Å². The minimum Gasteiger partial charge on any atom is -0.497 e. The summed E-state index contributed by atoms with van der Waals surface area (Å²) in [5, 5.41) is 5.70. The van der Waals surface area contributed by atoms with Crippen molar-refractivity contribution < 1.29 is 31.8 Å². The van der Waals surface area contributed by atoms with Gasteiger partial charge in [-0.3, -0.25) is 9.52 Å². The summed E-state index contributed by atoms with van der Waals surface area (Å²) in [6, 6.07) is 23.0. The van der Waals surface area contributed by atoms with Gasteiger partial charge in [-0.2, -0.15) is 0 Å². The molecule has 0 radical (unpaired) electrons. The van der Waals surface area contributed by atoms with Crippen LogP contribution in [-0.4, -0.2) is 45.1 Å². The van der Waals surface area contributed by atoms with Crippen LogP contribution < -0.4 is 29.6 Å². The van der Waals surface area contributed by atoms with Crippen LogP contribution in [0.2, 0.25) is 0 Å². The van der Waals surface area contributed by atoms with Gasteiger partial charge >= 0.3 is 0 Å². The SMILES string of the molecule is COc1cc(Nc2nc3ccccc3nc2NS(=O)(=O)c2cccc(NC(=O)COc3ccc(F)cc3)c2)cc(OC)c1. The number of amides is 1. The first kappa shape index (κ1) is 29.1. The number of benzene rings is 4. The maximum atomic E-state index is 13.5. The standard InChI is InChI=1S/C30H26FN5O6S/c1-40-23-14-21(15-24(17-23)41-2)33-29-30(35-27-9-4-3-8-26(27)34-29)36-43(38,39)25-7-5-6-20(16-25)32-28(37)18-42-22-12-10-19(31)11-13-22/h3-17H,18H2,1-2H3,(H,32,37)(H,33,34)(H,35,36). The number of fused-ring (bicyclic) bond motifs is 1. The molecule has 1 amide bonds. The lowest BCUT2D eigenvalue weighted by Gasteiger charge is -2.15. The summed E-state index contributed by atoms with van der Waals surface area (Å²) in [6.45, 7) is -0.363. The second-order valence-electron chi connectivity index (χ2n) is 9.06. The second kappa shape index (κ2) is 12.6. The van der Waals surface area contributed by atoms with Gasteiger partial charge in [0.1, 0.15) is 23.1 Å². The summed E-state index contributed by atoms with van der Waals surface area (Å²) in [5.74, 6) is 0.460. The van der Waals surface area contributed by atoms with Crippen molar-refractivity contribution in [2.75, 3.05) is 36.2 Å². The molecule has 0 spiro atoms. The van der Waals surface area contributed by atoms with E-state index in [9.17, 15) is 17.6 Å². The van der Waals surface area contributed by atoms with Gasteiger partial charge in [-0.15, -0.1) is 0 Å². The molecule has 11 nitrogen and oxygen atoms in total. The molecule has 3 N–H and O–H groups in total. The first-order valence-corrected chi connectivity index (χ1v) is 14.3. The average molecular weight is 604 g/mol. The van der Waals surface area contributed by atoms with E-state index in [1.54, 1.807) is 42.5 Å². The van der Waals surface area contributed by atoms with E-state index in [-0.39, 0.29) is 28.8 Å². The van der Waals surface area contributed by atoms with Crippen LogP contribution in [0, 0.1) is 5.82 Å². The zero-order valence-electron chi connectivity index (χ0n) is 23.0. The van der Waals surface area contributed by atoms with Gasteiger partial charge in [-0.05, 0) is 54.6 Å². The van der Waals surface area contributed by atoms with Crippen molar-refractivity contribution in [3.8, 4) is 17.2 Å². The molecule has 0 fully saturated rings. The summed E-state index contributed by atoms with van der Waals surface area (Å²) in [5.41, 5.74) is 1.75. The first-order chi connectivity index (χ1) is 20.7. The number of carbonyl (C=O) groups excluding carboxylic acids is 1. The summed E-state index contributed by atoms with van der Waals surface area (Å²) in [6.07, 6.45) is 0. The van der Waals surface area contributed by atoms with Crippen molar-refractivity contribution in [1.29, 1.82) is 0 Å². The number of para-hydroxylation sites is 2. The molecule has 1 aromatic heterocycles. The largest absolute Gasteiger partial charge is 0.497 e. The lowest BCUT2D eigenvalue weighted by atomic mass is 10.2. The van der Waals surface area contributed by atoms with Crippen LogP contribution >= 0.6 is 0 Å². The number of halogens is 1. The first-order valence-electron chi connectivity index (χ1n) is 12.8. The maximum absolute atomic E-state index is 13.5. The number of rotatable bonds is 11. The van der Waals surface area contributed by atoms with E-state index in [0.717, 1.165) is 0 Å². The van der Waals surface area contributed by atoms with E-state index < -0.39 is 21.7 Å². The maximum Gasteiger partial charge on any atom is 0.263 e. The van der Waals surface area contributed by atoms with Gasteiger partial charge < -0.3 is 24.8 Å². The molecule has 220 valence electrons. The molecule has 0 atom stereocenters. The summed E-state index contributed by atoms with van der Waals surface area (Å²) >= 11 is 0. The molecule has 0 unspecified atom stereocenters. The van der Waals surface area contributed by atoms with E-state index in [1.165, 1.54) is 62.8 Å². The number of hydrogen-bond donors (Lipinski definition) is 3. The van der Waals surface area contributed by atoms with Gasteiger partial charge in [-0.1, -0.05) is 18.2 Å². The van der Waals surface area contributed by atoms with Gasteiger partial charge in [0.15, 0.2) is 18.2 Å². The number of hydrogen-bond acceptors (Lipinski definition) is 9. The normalized spacial score (nSPS) is 11.0. The van der Waals surface area contributed by atoms with E-state index >= 15 is 0 Å². The number of methoxy groups -OCH3 is 2. The van der Waals surface area contributed by atoms with Crippen LogP contribution in [0.25, 0.3) is 11.0 Å². The Morgan fingerprint density at radius 3 is 2.07 bits per heavy atom. The van der Waals surface area contributed by atoms with Gasteiger partial charge in [-0.25, -0.2) is 22.8 Å². The predicted octanol–water partition coefficient (Wildman–Crippen LogP) is 5.35. The number of anilines is 4. The Labute approximate surface area is 246 Å². The highest BCUT2D eigenvalue weighted by Crippen LogP contribution is 2.31. The van der Waals surface area contributed by atoms with Crippen molar-refractivity contribution in [3.05, 3.63) is 96.8 Å². The highest BCUT2D eigenvalue weighted by atomic mass is 32.2. The topological polar surface area (TPSA) is 141 Å². The Balaban J connectivity index is 1.38. The van der Waals surface area contributed by atoms with Crippen molar-refractivity contribution in [2.24, 2.45) is 0 Å². The molecular weight excluding hydrogens is 577 g/mol. The van der Waals surface area contributed by atoms with Gasteiger partial charge in [0.2, 0.25) is 0 Å². The quantitative estimate of drug-likeness (QED) is 0.182. The molecule has 1 heterocycles. The zero-order valence-corrected chi connectivity index (χ0v) is 23.8. The number of carbonyl (C=O) groups is 1. The molecule has 5 aromatic rings. The van der Waals surface area contributed by atoms with Crippen LogP contribution in [0.15, 0.2) is 95.9 Å². The van der Waals surface area contributed by atoms with Gasteiger partial charge in [0, 0.05) is 29.6 Å². The Morgan fingerprint density at radius 2 is 1.42 bits per heavy atom. The van der Waals surface area contributed by atoms with E-state index in [2.05, 4.69) is 25.3 Å². The Morgan fingerprint density at radius 1 is 0.767 bits per heavy atom. The van der Waals surface area contributed by atoms with Crippen molar-refractivity contribution >= 4 is 50.0 Å². The van der Waals surface area contributed by atoms with Crippen LogP contribution in [-0.2, 0) is 14.8 Å². The van der Waals surface area contributed by atoms with Gasteiger partial charge in [0.05, 0.1) is 30.1 Å². The predicted molar refractivity (Wildman–Crippen MR) is 160 cm³/mol. The van der Waals surface area contributed by atoms with Crippen LogP contribution in [0.1, 0.15) is 0 Å². The fraction of sp³-hybridized carbons (Fsp3) is 0.100. The molecule has 0 saturated heterocycles. The smallest absolute Gasteiger partial charge is 0.263 e. The van der Waals surface area contributed by atoms with Crippen LogP contribution in [0.5, 0.6) is 17.2 Å². The van der Waals surface area contributed by atoms with Crippen LogP contribution in [0.4, 0.5) is 27.4 Å². The lowest BCUT2D eigenvalue weighted by molar-refractivity contribution is -0.118. The van der Waals surface area contributed by atoms with Gasteiger partial charge in [0.25, 0.3) is 15.9 Å². The number of nitrogens with one attached hydrogen (secondary N) is 3. The number of aromatic nitrogens is 2. The lowest BCUT2D eigenvalue weighted by Crippen LogP contribution is -2.21. The second-order valence-corrected chi connectivity index (χ2v) is 10.7. The third kappa shape index (κ3) is 7.26. The van der Waals surface area contributed by atoms with Crippen molar-refractivity contribution in [1.82, 2.24) is 9.97 Å². The molecule has 0 aliphatic heterocycles. The minimum absolute atomic E-state index is 0.0531. The van der Waals surface area contributed by atoms with E-state index in [0.29, 0.717) is 34.0 Å². The van der Waals surface area contributed by atoms with E-state index in [1.807, 2.05) is 0 Å². The van der Waals surface area contributed by atoms with Crippen molar-refractivity contribution in [3.63, 3.8) is 0 Å². The molecule has 43 heavy (non-hydrogen) atoms. The molecular formula is C30H26FN5O6S. The molecule has 5 rings (SSSR count). The Bertz CT molecular complexity index is 1860. The van der Waals surface area contributed by atoms with E-state index in [4.69, 9.17) is 14.2 Å². The Kier molecular flexibility index (Phi) is 8.53. The third-order valence-corrected chi connectivity index (χ3v) is 7.36. The zero-order chi connectivity index (χ0) is 30.4. The molecule has 4 aromatic carbocycles. The summed E-state index contributed by atoms with van der Waals surface area (Å²) in [4.78, 5) is 21.4. The molecule has 0 aliphatic carbocycles. The minimum atomic E-state index is -4.20. The summed E-state index contributed by atoms with van der Waals surface area (Å²) in [7, 11) is -1.17.